The van der Waals surface area contributed by atoms with Crippen LogP contribution in [-0.4, -0.2) is 22.9 Å². The number of nitrogens with zero attached hydrogens (tertiary/aromatic N) is 2. The lowest BCUT2D eigenvalue weighted by molar-refractivity contribution is 0.0588. The predicted octanol–water partition coefficient (Wildman–Crippen LogP) is 3.24. The minimum atomic E-state index is -0.351. The molecule has 18 heavy (non-hydrogen) atoms. The van der Waals surface area contributed by atoms with Crippen LogP contribution in [0, 0.1) is 5.92 Å². The summed E-state index contributed by atoms with van der Waals surface area (Å²) < 4.78 is 7.50. The van der Waals surface area contributed by atoms with Crippen molar-refractivity contribution in [2.75, 3.05) is 7.11 Å². The molecular formula is C13H15BrN2O2. The number of aromatic nitrogens is 2. The SMILES string of the molecule is COC(=O)c1c2cc(Br)ccc2nn1CC(C)C. The molecular weight excluding hydrogens is 296 g/mol. The number of ether oxygens (including phenoxy) is 1. The molecule has 0 spiro atoms. The Kier molecular flexibility index (Phi) is 3.71. The number of hydrogen-bond donors (Lipinski definition) is 0. The van der Waals surface area contributed by atoms with Gasteiger partial charge in [0.15, 0.2) is 5.69 Å². The van der Waals surface area contributed by atoms with Gasteiger partial charge in [0.2, 0.25) is 0 Å². The summed E-state index contributed by atoms with van der Waals surface area (Å²) in [5.41, 5.74) is 1.32. The van der Waals surface area contributed by atoms with Crippen LogP contribution in [0.15, 0.2) is 22.7 Å². The molecule has 1 heterocycles. The first-order chi connectivity index (χ1) is 8.52. The lowest BCUT2D eigenvalue weighted by Gasteiger charge is -2.08. The Hall–Kier alpha value is -1.36. The van der Waals surface area contributed by atoms with E-state index in [4.69, 9.17) is 4.74 Å². The zero-order chi connectivity index (χ0) is 13.3. The van der Waals surface area contributed by atoms with Gasteiger partial charge < -0.3 is 4.74 Å². The molecule has 0 fully saturated rings. The zero-order valence-corrected chi connectivity index (χ0v) is 12.2. The van der Waals surface area contributed by atoms with Gasteiger partial charge >= 0.3 is 5.97 Å². The molecule has 0 amide bonds. The average molecular weight is 311 g/mol. The first-order valence-electron chi connectivity index (χ1n) is 5.77. The quantitative estimate of drug-likeness (QED) is 0.817. The summed E-state index contributed by atoms with van der Waals surface area (Å²) in [6.07, 6.45) is 0. The fourth-order valence-corrected chi connectivity index (χ4v) is 2.26. The highest BCUT2D eigenvalue weighted by molar-refractivity contribution is 9.10. The van der Waals surface area contributed by atoms with Crippen LogP contribution in [0.1, 0.15) is 24.3 Å². The fourth-order valence-electron chi connectivity index (χ4n) is 1.89. The maximum Gasteiger partial charge on any atom is 0.356 e. The normalized spacial score (nSPS) is 11.2. The third kappa shape index (κ3) is 2.41. The molecule has 0 N–H and O–H groups in total. The van der Waals surface area contributed by atoms with Gasteiger partial charge in [-0.2, -0.15) is 5.10 Å². The maximum absolute atomic E-state index is 11.9. The van der Waals surface area contributed by atoms with Gasteiger partial charge in [0, 0.05) is 16.4 Å². The molecule has 4 nitrogen and oxygen atoms in total. The number of halogens is 1. The third-order valence-corrected chi connectivity index (χ3v) is 3.11. The molecule has 2 rings (SSSR count). The lowest BCUT2D eigenvalue weighted by Crippen LogP contribution is -2.15. The second kappa shape index (κ2) is 5.10. The molecule has 0 bridgehead atoms. The van der Waals surface area contributed by atoms with Crippen molar-refractivity contribution in [2.45, 2.75) is 20.4 Å². The van der Waals surface area contributed by atoms with Gasteiger partial charge in [-0.3, -0.25) is 4.68 Å². The minimum absolute atomic E-state index is 0.351. The fraction of sp³-hybridized carbons (Fsp3) is 0.385. The maximum atomic E-state index is 11.9. The highest BCUT2D eigenvalue weighted by atomic mass is 79.9. The highest BCUT2D eigenvalue weighted by Gasteiger charge is 2.19. The number of esters is 1. The van der Waals surface area contributed by atoms with E-state index in [1.54, 1.807) is 4.68 Å². The summed E-state index contributed by atoms with van der Waals surface area (Å²) in [6.45, 7) is 4.86. The van der Waals surface area contributed by atoms with Crippen molar-refractivity contribution in [3.8, 4) is 0 Å². The zero-order valence-electron chi connectivity index (χ0n) is 10.6. The summed E-state index contributed by atoms with van der Waals surface area (Å²) in [5.74, 6) is 0.0578. The molecule has 2 aromatic rings. The smallest absolute Gasteiger partial charge is 0.356 e. The van der Waals surface area contributed by atoms with E-state index in [1.165, 1.54) is 7.11 Å². The number of fused-ring (bicyclic) bond motifs is 1. The van der Waals surface area contributed by atoms with Crippen LogP contribution in [0.3, 0.4) is 0 Å². The summed E-state index contributed by atoms with van der Waals surface area (Å²) in [5, 5.41) is 5.27. The van der Waals surface area contributed by atoms with Crippen LogP contribution in [0.5, 0.6) is 0 Å². The second-order valence-electron chi connectivity index (χ2n) is 4.58. The molecule has 1 aromatic carbocycles. The standard InChI is InChI=1S/C13H15BrN2O2/c1-8(2)7-16-12(13(17)18-3)10-6-9(14)4-5-11(10)15-16/h4-6,8H,7H2,1-3H3. The van der Waals surface area contributed by atoms with Crippen LogP contribution in [0.4, 0.5) is 0 Å². The lowest BCUT2D eigenvalue weighted by atomic mass is 10.2. The molecule has 1 aromatic heterocycles. The Morgan fingerprint density at radius 1 is 1.50 bits per heavy atom. The van der Waals surface area contributed by atoms with Gasteiger partial charge in [-0.05, 0) is 24.1 Å². The van der Waals surface area contributed by atoms with Gasteiger partial charge in [0.1, 0.15) is 0 Å². The van der Waals surface area contributed by atoms with E-state index in [9.17, 15) is 4.79 Å². The monoisotopic (exact) mass is 310 g/mol. The van der Waals surface area contributed by atoms with Crippen molar-refractivity contribution in [2.24, 2.45) is 5.92 Å². The summed E-state index contributed by atoms with van der Waals surface area (Å²) in [6, 6.07) is 5.70. The van der Waals surface area contributed by atoms with Crippen molar-refractivity contribution >= 4 is 32.8 Å². The topological polar surface area (TPSA) is 44.1 Å². The first kappa shape index (κ1) is 13.1. The van der Waals surface area contributed by atoms with Crippen molar-refractivity contribution in [1.82, 2.24) is 9.78 Å². The molecule has 0 radical (unpaired) electrons. The minimum Gasteiger partial charge on any atom is -0.464 e. The molecule has 0 saturated heterocycles. The number of carbonyl (C=O) groups is 1. The van der Waals surface area contributed by atoms with Gasteiger partial charge in [-0.1, -0.05) is 29.8 Å². The number of methoxy groups -OCH3 is 1. The highest BCUT2D eigenvalue weighted by Crippen LogP contribution is 2.24. The third-order valence-electron chi connectivity index (χ3n) is 2.62. The Morgan fingerprint density at radius 2 is 2.22 bits per heavy atom. The Bertz CT molecular complexity index is 590. The van der Waals surface area contributed by atoms with E-state index in [1.807, 2.05) is 18.2 Å². The van der Waals surface area contributed by atoms with Crippen LogP contribution in [-0.2, 0) is 11.3 Å². The Labute approximate surface area is 114 Å². The summed E-state index contributed by atoms with van der Waals surface area (Å²) in [4.78, 5) is 11.9. The first-order valence-corrected chi connectivity index (χ1v) is 6.56. The average Bonchev–Trinajstić information content (AvgIpc) is 2.64. The Balaban J connectivity index is 2.65. The van der Waals surface area contributed by atoms with Crippen molar-refractivity contribution in [3.05, 3.63) is 28.4 Å². The predicted molar refractivity (Wildman–Crippen MR) is 73.6 cm³/mol. The summed E-state index contributed by atoms with van der Waals surface area (Å²) >= 11 is 3.41. The second-order valence-corrected chi connectivity index (χ2v) is 5.49. The van der Waals surface area contributed by atoms with Crippen molar-refractivity contribution < 1.29 is 9.53 Å². The number of rotatable bonds is 3. The molecule has 0 atom stereocenters. The van der Waals surface area contributed by atoms with Crippen LogP contribution in [0.25, 0.3) is 10.9 Å². The number of carbonyl (C=O) groups excluding carboxylic acids is 1. The van der Waals surface area contributed by atoms with Gasteiger partial charge in [-0.15, -0.1) is 0 Å². The van der Waals surface area contributed by atoms with E-state index >= 15 is 0 Å². The van der Waals surface area contributed by atoms with E-state index in [0.29, 0.717) is 18.2 Å². The van der Waals surface area contributed by atoms with E-state index in [0.717, 1.165) is 15.4 Å². The molecule has 0 aliphatic heterocycles. The van der Waals surface area contributed by atoms with Crippen LogP contribution >= 0.6 is 15.9 Å². The molecule has 96 valence electrons. The largest absolute Gasteiger partial charge is 0.464 e. The molecule has 0 unspecified atom stereocenters. The van der Waals surface area contributed by atoms with Gasteiger partial charge in [-0.25, -0.2) is 4.79 Å². The van der Waals surface area contributed by atoms with E-state index < -0.39 is 0 Å². The number of benzene rings is 1. The van der Waals surface area contributed by atoms with Crippen molar-refractivity contribution in [1.29, 1.82) is 0 Å². The Morgan fingerprint density at radius 3 is 2.83 bits per heavy atom. The molecule has 0 aliphatic rings. The van der Waals surface area contributed by atoms with Crippen LogP contribution in [0.2, 0.25) is 0 Å². The van der Waals surface area contributed by atoms with Gasteiger partial charge in [0.25, 0.3) is 0 Å². The summed E-state index contributed by atoms with van der Waals surface area (Å²) in [7, 11) is 1.39. The molecule has 5 heteroatoms. The molecule has 0 saturated carbocycles. The van der Waals surface area contributed by atoms with E-state index in [2.05, 4.69) is 34.9 Å². The van der Waals surface area contributed by atoms with Crippen LogP contribution < -0.4 is 0 Å². The van der Waals surface area contributed by atoms with Gasteiger partial charge in [0.05, 0.1) is 12.6 Å². The molecule has 0 aliphatic carbocycles. The van der Waals surface area contributed by atoms with E-state index in [-0.39, 0.29) is 5.97 Å². The number of hydrogen-bond acceptors (Lipinski definition) is 3. The van der Waals surface area contributed by atoms with Crippen molar-refractivity contribution in [3.63, 3.8) is 0 Å².